The normalized spacial score (nSPS) is 12.0. The van der Waals surface area contributed by atoms with Gasteiger partial charge in [-0.3, -0.25) is 0 Å². The Morgan fingerprint density at radius 1 is 1.47 bits per heavy atom. The van der Waals surface area contributed by atoms with Gasteiger partial charge in [0.2, 0.25) is 0 Å². The monoisotopic (exact) mass is 214 g/mol. The lowest BCUT2D eigenvalue weighted by atomic mass is 10.1. The van der Waals surface area contributed by atoms with Gasteiger partial charge in [-0.2, -0.15) is 8.78 Å². The van der Waals surface area contributed by atoms with Crippen LogP contribution in [0.2, 0.25) is 0 Å². The van der Waals surface area contributed by atoms with Gasteiger partial charge in [-0.25, -0.2) is 0 Å². The van der Waals surface area contributed by atoms with Crippen LogP contribution in [0.15, 0.2) is 36.4 Å². The number of methoxy groups -OCH3 is 1. The van der Waals surface area contributed by atoms with E-state index in [-0.39, 0.29) is 6.42 Å². The number of aliphatic hydroxyl groups excluding tert-OH is 1. The molecule has 1 aromatic carbocycles. The number of ether oxygens (including phenoxy) is 1. The van der Waals surface area contributed by atoms with Gasteiger partial charge in [-0.05, 0) is 11.6 Å². The fraction of sp³-hybridized carbons (Fsp3) is 0.273. The Morgan fingerprint density at radius 2 is 2.13 bits per heavy atom. The van der Waals surface area contributed by atoms with Crippen LogP contribution < -0.4 is 4.74 Å². The molecule has 0 aliphatic heterocycles. The van der Waals surface area contributed by atoms with E-state index in [4.69, 9.17) is 4.74 Å². The Hall–Kier alpha value is -1.42. The molecule has 0 aliphatic carbocycles. The average Bonchev–Trinajstić information content (AvgIpc) is 2.17. The molecule has 1 aromatic rings. The Morgan fingerprint density at radius 3 is 2.73 bits per heavy atom. The van der Waals surface area contributed by atoms with Gasteiger partial charge in [-0.15, -0.1) is 0 Å². The minimum absolute atomic E-state index is 0.112. The highest BCUT2D eigenvalue weighted by molar-refractivity contribution is 5.34. The molecule has 1 atom stereocenters. The number of benzene rings is 1. The molecule has 0 radical (unpaired) electrons. The van der Waals surface area contributed by atoms with Crippen LogP contribution in [0.4, 0.5) is 8.78 Å². The summed E-state index contributed by atoms with van der Waals surface area (Å²) in [7, 11) is 1.50. The molecule has 0 saturated carbocycles. The average molecular weight is 214 g/mol. The second-order valence-electron chi connectivity index (χ2n) is 3.04. The van der Waals surface area contributed by atoms with Crippen molar-refractivity contribution >= 4 is 0 Å². The maximum absolute atomic E-state index is 11.8. The highest BCUT2D eigenvalue weighted by Crippen LogP contribution is 2.19. The van der Waals surface area contributed by atoms with Crippen molar-refractivity contribution in [3.05, 3.63) is 42.0 Å². The third-order valence-corrected chi connectivity index (χ3v) is 1.94. The lowest BCUT2D eigenvalue weighted by Crippen LogP contribution is -2.08. The first-order valence-electron chi connectivity index (χ1n) is 4.46. The van der Waals surface area contributed by atoms with Crippen molar-refractivity contribution in [1.29, 1.82) is 0 Å². The maximum Gasteiger partial charge on any atom is 0.268 e. The lowest BCUT2D eigenvalue weighted by molar-refractivity contribution is 0.214. The van der Waals surface area contributed by atoms with E-state index < -0.39 is 12.2 Å². The van der Waals surface area contributed by atoms with Gasteiger partial charge in [0.05, 0.1) is 13.2 Å². The van der Waals surface area contributed by atoms with Crippen molar-refractivity contribution in [2.45, 2.75) is 12.5 Å². The van der Waals surface area contributed by atoms with Crippen LogP contribution in [0.25, 0.3) is 0 Å². The Kier molecular flexibility index (Phi) is 4.24. The summed E-state index contributed by atoms with van der Waals surface area (Å²) in [5, 5.41) is 9.28. The zero-order chi connectivity index (χ0) is 11.3. The smallest absolute Gasteiger partial charge is 0.268 e. The predicted molar refractivity (Wildman–Crippen MR) is 53.0 cm³/mol. The van der Waals surface area contributed by atoms with Gasteiger partial charge in [-0.1, -0.05) is 18.2 Å². The maximum atomic E-state index is 11.8. The zero-order valence-corrected chi connectivity index (χ0v) is 8.28. The molecule has 0 amide bonds. The summed E-state index contributed by atoms with van der Waals surface area (Å²) < 4.78 is 28.7. The second kappa shape index (κ2) is 5.46. The summed E-state index contributed by atoms with van der Waals surface area (Å²) in [6.45, 7) is 0. The van der Waals surface area contributed by atoms with Crippen LogP contribution in [0, 0.1) is 0 Å². The third kappa shape index (κ3) is 3.67. The molecule has 15 heavy (non-hydrogen) atoms. The molecule has 0 bridgehead atoms. The zero-order valence-electron chi connectivity index (χ0n) is 8.28. The second-order valence-corrected chi connectivity index (χ2v) is 3.04. The van der Waals surface area contributed by atoms with Crippen LogP contribution in [-0.4, -0.2) is 18.3 Å². The number of halogens is 2. The summed E-state index contributed by atoms with van der Waals surface area (Å²) in [5.74, 6) is 0.587. The SMILES string of the molecule is COc1ccccc1CC(O)C=C(F)F. The molecule has 0 fully saturated rings. The molecule has 82 valence electrons. The van der Waals surface area contributed by atoms with E-state index in [1.54, 1.807) is 24.3 Å². The number of hydrogen-bond donors (Lipinski definition) is 1. The predicted octanol–water partition coefficient (Wildman–Crippen LogP) is 2.38. The molecule has 0 saturated heterocycles. The van der Waals surface area contributed by atoms with Crippen molar-refractivity contribution in [2.24, 2.45) is 0 Å². The van der Waals surface area contributed by atoms with E-state index in [2.05, 4.69) is 0 Å². The summed E-state index contributed by atoms with van der Waals surface area (Å²) in [6.07, 6.45) is -2.43. The molecular weight excluding hydrogens is 202 g/mol. The summed E-state index contributed by atoms with van der Waals surface area (Å²) >= 11 is 0. The van der Waals surface area contributed by atoms with E-state index in [1.807, 2.05) is 0 Å². The highest BCUT2D eigenvalue weighted by atomic mass is 19.3. The van der Waals surface area contributed by atoms with Gasteiger partial charge < -0.3 is 9.84 Å². The van der Waals surface area contributed by atoms with Crippen molar-refractivity contribution in [3.8, 4) is 5.75 Å². The van der Waals surface area contributed by atoms with E-state index >= 15 is 0 Å². The summed E-state index contributed by atoms with van der Waals surface area (Å²) in [4.78, 5) is 0. The lowest BCUT2D eigenvalue weighted by Gasteiger charge is -2.09. The third-order valence-electron chi connectivity index (χ3n) is 1.94. The quantitative estimate of drug-likeness (QED) is 0.833. The number of rotatable bonds is 4. The largest absolute Gasteiger partial charge is 0.496 e. The van der Waals surface area contributed by atoms with Crippen LogP contribution in [-0.2, 0) is 6.42 Å². The number of para-hydroxylation sites is 1. The van der Waals surface area contributed by atoms with Crippen LogP contribution in [0.5, 0.6) is 5.75 Å². The van der Waals surface area contributed by atoms with Crippen LogP contribution >= 0.6 is 0 Å². The number of aliphatic hydroxyl groups is 1. The van der Waals surface area contributed by atoms with Crippen molar-refractivity contribution in [1.82, 2.24) is 0 Å². The fourth-order valence-corrected chi connectivity index (χ4v) is 1.30. The summed E-state index contributed by atoms with van der Waals surface area (Å²) in [5.41, 5.74) is 0.699. The van der Waals surface area contributed by atoms with Crippen molar-refractivity contribution in [3.63, 3.8) is 0 Å². The molecule has 1 rings (SSSR count). The van der Waals surface area contributed by atoms with Gasteiger partial charge >= 0.3 is 0 Å². The minimum Gasteiger partial charge on any atom is -0.496 e. The number of hydrogen-bond acceptors (Lipinski definition) is 2. The fourth-order valence-electron chi connectivity index (χ4n) is 1.30. The molecule has 0 aliphatic rings. The molecule has 4 heteroatoms. The van der Waals surface area contributed by atoms with Crippen LogP contribution in [0.3, 0.4) is 0 Å². The van der Waals surface area contributed by atoms with E-state index in [1.165, 1.54) is 7.11 Å². The van der Waals surface area contributed by atoms with E-state index in [0.29, 0.717) is 17.4 Å². The topological polar surface area (TPSA) is 29.5 Å². The standard InChI is InChI=1S/C11H12F2O2/c1-15-10-5-3-2-4-8(10)6-9(14)7-11(12)13/h2-5,7,9,14H,6H2,1H3. The molecule has 1 unspecified atom stereocenters. The van der Waals surface area contributed by atoms with E-state index in [0.717, 1.165) is 0 Å². The molecule has 0 spiro atoms. The van der Waals surface area contributed by atoms with Crippen LogP contribution in [0.1, 0.15) is 5.56 Å². The highest BCUT2D eigenvalue weighted by Gasteiger charge is 2.08. The Labute approximate surface area is 86.8 Å². The van der Waals surface area contributed by atoms with Gasteiger partial charge in [0.15, 0.2) is 0 Å². The molecular formula is C11H12F2O2. The molecule has 0 heterocycles. The van der Waals surface area contributed by atoms with Crippen molar-refractivity contribution in [2.75, 3.05) is 7.11 Å². The van der Waals surface area contributed by atoms with Gasteiger partial charge in [0.25, 0.3) is 6.08 Å². The van der Waals surface area contributed by atoms with E-state index in [9.17, 15) is 13.9 Å². The van der Waals surface area contributed by atoms with Gasteiger partial charge in [0.1, 0.15) is 5.75 Å². The van der Waals surface area contributed by atoms with Crippen molar-refractivity contribution < 1.29 is 18.6 Å². The first kappa shape index (κ1) is 11.7. The molecule has 0 aromatic heterocycles. The minimum atomic E-state index is -1.88. The first-order valence-corrected chi connectivity index (χ1v) is 4.46. The Bertz CT molecular complexity index is 346. The first-order chi connectivity index (χ1) is 7.13. The Balaban J connectivity index is 2.75. The molecule has 2 nitrogen and oxygen atoms in total. The summed E-state index contributed by atoms with van der Waals surface area (Å²) in [6, 6.07) is 6.99. The van der Waals surface area contributed by atoms with Gasteiger partial charge in [0, 0.05) is 12.5 Å². The molecule has 1 N–H and O–H groups in total.